The minimum absolute atomic E-state index is 0.193. The molecule has 230 valence electrons. The molecule has 1 aliphatic heterocycles. The van der Waals surface area contributed by atoms with E-state index in [4.69, 9.17) is 9.15 Å². The summed E-state index contributed by atoms with van der Waals surface area (Å²) in [6, 6.07) is 17.5. The van der Waals surface area contributed by atoms with Gasteiger partial charge in [0.15, 0.2) is 12.3 Å². The van der Waals surface area contributed by atoms with Crippen molar-refractivity contribution in [2.75, 3.05) is 23.0 Å². The molecule has 3 aromatic carbocycles. The summed E-state index contributed by atoms with van der Waals surface area (Å²) in [6.45, 7) is 2.69. The first kappa shape index (κ1) is 30.3. The topological polar surface area (TPSA) is 138 Å². The van der Waals surface area contributed by atoms with Crippen molar-refractivity contribution in [3.63, 3.8) is 0 Å². The Morgan fingerprint density at radius 2 is 1.73 bits per heavy atom. The van der Waals surface area contributed by atoms with Crippen molar-refractivity contribution in [1.82, 2.24) is 0 Å². The summed E-state index contributed by atoms with van der Waals surface area (Å²) < 4.78 is 79.7. The number of rotatable bonds is 11. The van der Waals surface area contributed by atoms with Crippen molar-refractivity contribution in [3.05, 3.63) is 83.4 Å². The minimum atomic E-state index is -4.13. The zero-order valence-electron chi connectivity index (χ0n) is 23.8. The van der Waals surface area contributed by atoms with Crippen LogP contribution in [0.15, 0.2) is 82.8 Å². The van der Waals surface area contributed by atoms with Gasteiger partial charge in [-0.3, -0.25) is 9.11 Å². The molecule has 0 saturated heterocycles. The third-order valence-corrected chi connectivity index (χ3v) is 10.2. The molecule has 6 rings (SSSR count). The van der Waals surface area contributed by atoms with Crippen molar-refractivity contribution in [3.8, 4) is 5.75 Å². The molecular weight excluding hydrogens is 625 g/mol. The fourth-order valence-electron chi connectivity index (χ4n) is 5.55. The highest BCUT2D eigenvalue weighted by atomic mass is 32.2. The van der Waals surface area contributed by atoms with Crippen LogP contribution in [0.2, 0.25) is 0 Å². The van der Waals surface area contributed by atoms with Crippen LogP contribution in [0.25, 0.3) is 38.0 Å². The second kappa shape index (κ2) is 12.0. The normalized spacial score (nSPS) is 15.1. The largest absolute Gasteiger partial charge is 0.464 e. The number of fused-ring (bicyclic) bond motifs is 6. The van der Waals surface area contributed by atoms with Gasteiger partial charge in [-0.1, -0.05) is 48.6 Å². The molecule has 13 heteroatoms. The van der Waals surface area contributed by atoms with E-state index in [2.05, 4.69) is 4.57 Å². The van der Waals surface area contributed by atoms with Gasteiger partial charge < -0.3 is 14.1 Å². The fraction of sp³-hybridized carbons (Fsp3) is 0.258. The third kappa shape index (κ3) is 6.37. The van der Waals surface area contributed by atoms with Gasteiger partial charge in [-0.05, 0) is 48.1 Å². The summed E-state index contributed by atoms with van der Waals surface area (Å²) in [5.74, 6) is 0.463. The maximum atomic E-state index is 11.5. The summed E-state index contributed by atoms with van der Waals surface area (Å²) in [6.07, 6.45) is 6.65. The number of anilines is 1. The monoisotopic (exact) mass is 655 g/mol. The third-order valence-electron chi connectivity index (χ3n) is 7.53. The van der Waals surface area contributed by atoms with Crippen LogP contribution in [0.5, 0.6) is 5.75 Å². The van der Waals surface area contributed by atoms with Crippen molar-refractivity contribution < 1.29 is 39.7 Å². The Bertz CT molecular complexity index is 2160. The molecule has 44 heavy (non-hydrogen) atoms. The number of nitrogens with zero attached hydrogens (tertiary/aromatic N) is 2. The second-order valence-electron chi connectivity index (χ2n) is 10.6. The first-order chi connectivity index (χ1) is 21.0. The number of ether oxygens (including phenoxy) is 1. The lowest BCUT2D eigenvalue weighted by Crippen LogP contribution is -2.36. The van der Waals surface area contributed by atoms with E-state index in [1.165, 1.54) is 0 Å². The minimum Gasteiger partial charge on any atom is -0.464 e. The van der Waals surface area contributed by atoms with Gasteiger partial charge in [0.05, 0.1) is 28.8 Å². The Balaban J connectivity index is 1.43. The molecule has 3 heterocycles. The van der Waals surface area contributed by atoms with Gasteiger partial charge in [-0.25, -0.2) is 0 Å². The van der Waals surface area contributed by atoms with E-state index in [0.717, 1.165) is 48.2 Å². The average Bonchev–Trinajstić information content (AvgIpc) is 3.67. The SMILES string of the molecule is CCC(=Cc1sc2ccc3occc3c2[n+]1CCCS(=O)(=O)O)C=C1Oc2ccc3ccccc3c2N1CCCS(=O)(=O)O. The highest BCUT2D eigenvalue weighted by Crippen LogP contribution is 2.44. The van der Waals surface area contributed by atoms with Crippen LogP contribution in [0.1, 0.15) is 31.2 Å². The predicted octanol–water partition coefficient (Wildman–Crippen LogP) is 6.18. The van der Waals surface area contributed by atoms with Gasteiger partial charge in [0.2, 0.25) is 11.4 Å². The zero-order valence-corrected chi connectivity index (χ0v) is 26.3. The molecule has 0 amide bonds. The first-order valence-electron chi connectivity index (χ1n) is 14.1. The molecule has 0 fully saturated rings. The van der Waals surface area contributed by atoms with Gasteiger partial charge in [0, 0.05) is 30.5 Å². The quantitative estimate of drug-likeness (QED) is 0.126. The van der Waals surface area contributed by atoms with Crippen LogP contribution < -0.4 is 14.2 Å². The van der Waals surface area contributed by atoms with Gasteiger partial charge in [-0.15, -0.1) is 0 Å². The summed E-state index contributed by atoms with van der Waals surface area (Å²) >= 11 is 1.56. The van der Waals surface area contributed by atoms with Gasteiger partial charge in [0.1, 0.15) is 10.3 Å². The Labute approximate surface area is 259 Å². The smallest absolute Gasteiger partial charge is 0.265 e. The summed E-state index contributed by atoms with van der Waals surface area (Å²) in [7, 11) is -8.24. The Kier molecular flexibility index (Phi) is 8.24. The molecule has 0 saturated carbocycles. The molecule has 2 aromatic heterocycles. The summed E-state index contributed by atoms with van der Waals surface area (Å²) in [4.78, 5) is 1.95. The first-order valence-corrected chi connectivity index (χ1v) is 18.2. The molecule has 1 aliphatic rings. The maximum Gasteiger partial charge on any atom is 0.265 e. The van der Waals surface area contributed by atoms with Crippen LogP contribution in [0.4, 0.5) is 5.69 Å². The van der Waals surface area contributed by atoms with E-state index in [1.807, 2.05) is 78.6 Å². The standard InChI is InChI=1S/C31H30N2O8S3/c1-2-21(20-29-33(15-6-18-44(37,38)39)31-24-13-16-40-25(24)11-12-27(31)42-29)19-28-32(14-5-17-43(34,35)36)30-23-8-4-3-7-22(23)9-10-26(30)41-28/h3-4,7-13,16,19-20H,2,5-6,14-15,17-18H2,1H3,(H-,34,35,36,37,38,39)/p+1. The number of hydrogen-bond donors (Lipinski definition) is 2. The second-order valence-corrected chi connectivity index (χ2v) is 14.8. The zero-order chi connectivity index (χ0) is 31.1. The lowest BCUT2D eigenvalue weighted by atomic mass is 10.1. The van der Waals surface area contributed by atoms with Gasteiger partial charge in [0.25, 0.3) is 25.2 Å². The average molecular weight is 656 g/mol. The molecule has 0 radical (unpaired) electrons. The van der Waals surface area contributed by atoms with Crippen LogP contribution in [0.3, 0.4) is 0 Å². The molecule has 0 unspecified atom stereocenters. The van der Waals surface area contributed by atoms with Gasteiger partial charge >= 0.3 is 0 Å². The van der Waals surface area contributed by atoms with Crippen molar-refractivity contribution in [1.29, 1.82) is 0 Å². The van der Waals surface area contributed by atoms with E-state index < -0.39 is 20.2 Å². The fourth-order valence-corrected chi connectivity index (χ4v) is 7.72. The number of hydrogen-bond acceptors (Lipinski definition) is 8. The highest BCUT2D eigenvalue weighted by molar-refractivity contribution is 7.86. The van der Waals surface area contributed by atoms with Crippen LogP contribution in [-0.2, 0) is 26.8 Å². The molecule has 0 bridgehead atoms. The number of benzene rings is 3. The molecule has 2 N–H and O–H groups in total. The maximum absolute atomic E-state index is 11.5. The number of aromatic nitrogens is 1. The van der Waals surface area contributed by atoms with Crippen molar-refractivity contribution >= 4 is 75.3 Å². The van der Waals surface area contributed by atoms with Crippen LogP contribution >= 0.6 is 11.3 Å². The van der Waals surface area contributed by atoms with E-state index in [9.17, 15) is 25.9 Å². The van der Waals surface area contributed by atoms with Crippen LogP contribution in [-0.4, -0.2) is 44.0 Å². The van der Waals surface area contributed by atoms with Crippen LogP contribution in [0, 0.1) is 0 Å². The van der Waals surface area contributed by atoms with E-state index in [1.54, 1.807) is 17.6 Å². The number of aryl methyl sites for hydroxylation is 1. The van der Waals surface area contributed by atoms with Crippen molar-refractivity contribution in [2.24, 2.45) is 0 Å². The van der Waals surface area contributed by atoms with E-state index >= 15 is 0 Å². The summed E-state index contributed by atoms with van der Waals surface area (Å²) in [5.41, 5.74) is 3.41. The Hall–Kier alpha value is -3.75. The Morgan fingerprint density at radius 3 is 2.50 bits per heavy atom. The molecule has 0 aliphatic carbocycles. The van der Waals surface area contributed by atoms with E-state index in [-0.39, 0.29) is 24.3 Å². The van der Waals surface area contributed by atoms with Crippen molar-refractivity contribution in [2.45, 2.75) is 32.7 Å². The van der Waals surface area contributed by atoms with E-state index in [0.29, 0.717) is 31.1 Å². The number of furan rings is 1. The molecule has 0 atom stereocenters. The number of allylic oxidation sites excluding steroid dienone is 2. The highest BCUT2D eigenvalue weighted by Gasteiger charge is 2.29. The molecule has 5 aromatic rings. The number of thiazole rings is 1. The van der Waals surface area contributed by atoms with Gasteiger partial charge in [-0.2, -0.15) is 21.4 Å². The summed E-state index contributed by atoms with van der Waals surface area (Å²) in [5, 5.41) is 3.78. The lowest BCUT2D eigenvalue weighted by Gasteiger charge is -2.19. The predicted molar refractivity (Wildman–Crippen MR) is 172 cm³/mol. The molecular formula is C31H31N2O8S3+. The molecule has 0 spiro atoms. The lowest BCUT2D eigenvalue weighted by molar-refractivity contribution is -0.667. The Morgan fingerprint density at radius 1 is 0.955 bits per heavy atom. The molecule has 10 nitrogen and oxygen atoms in total.